The van der Waals surface area contributed by atoms with Crippen LogP contribution in [0.3, 0.4) is 0 Å². The highest BCUT2D eigenvalue weighted by Crippen LogP contribution is 2.15. The molecule has 0 aliphatic rings. The van der Waals surface area contributed by atoms with Crippen LogP contribution in [0.5, 0.6) is 0 Å². The lowest BCUT2D eigenvalue weighted by Gasteiger charge is -2.04. The van der Waals surface area contributed by atoms with Gasteiger partial charge in [0.25, 0.3) is 0 Å². The largest absolute Gasteiger partial charge is 0.365 e. The van der Waals surface area contributed by atoms with Gasteiger partial charge in [-0.05, 0) is 23.8 Å². The first-order valence-corrected chi connectivity index (χ1v) is 5.20. The molecule has 1 aromatic heterocycles. The van der Waals surface area contributed by atoms with Crippen molar-refractivity contribution < 1.29 is 4.39 Å². The number of aryl methyl sites for hydroxylation is 1. The van der Waals surface area contributed by atoms with Crippen molar-refractivity contribution in [1.82, 2.24) is 9.78 Å². The highest BCUT2D eigenvalue weighted by molar-refractivity contribution is 6.30. The summed E-state index contributed by atoms with van der Waals surface area (Å²) in [6, 6.07) is 6.30. The third-order valence-corrected chi connectivity index (χ3v) is 2.33. The number of rotatable bonds is 3. The van der Waals surface area contributed by atoms with Crippen molar-refractivity contribution in [3.05, 3.63) is 46.9 Å². The molecular formula is C11H11ClFN3. The van der Waals surface area contributed by atoms with Gasteiger partial charge in [0.05, 0.1) is 0 Å². The minimum atomic E-state index is -0.328. The average molecular weight is 240 g/mol. The summed E-state index contributed by atoms with van der Waals surface area (Å²) in [5, 5.41) is 7.63. The molecule has 1 heterocycles. The van der Waals surface area contributed by atoms with Gasteiger partial charge in [-0.15, -0.1) is 0 Å². The molecule has 2 rings (SSSR count). The zero-order valence-corrected chi connectivity index (χ0v) is 9.50. The molecule has 2 aromatic rings. The van der Waals surface area contributed by atoms with E-state index in [0.29, 0.717) is 11.6 Å². The van der Waals surface area contributed by atoms with Crippen LogP contribution in [0, 0.1) is 5.82 Å². The molecule has 0 saturated carbocycles. The van der Waals surface area contributed by atoms with E-state index in [1.807, 2.05) is 19.3 Å². The fraction of sp³-hybridized carbons (Fsp3) is 0.182. The fourth-order valence-corrected chi connectivity index (χ4v) is 1.66. The van der Waals surface area contributed by atoms with Crippen LogP contribution in [0.15, 0.2) is 30.5 Å². The molecule has 0 bridgehead atoms. The van der Waals surface area contributed by atoms with E-state index in [9.17, 15) is 4.39 Å². The lowest BCUT2D eigenvalue weighted by atomic mass is 10.2. The molecule has 0 aliphatic heterocycles. The molecule has 84 valence electrons. The zero-order valence-electron chi connectivity index (χ0n) is 8.74. The normalized spacial score (nSPS) is 10.4. The number of hydrogen-bond donors (Lipinski definition) is 1. The monoisotopic (exact) mass is 239 g/mol. The van der Waals surface area contributed by atoms with Gasteiger partial charge in [0.2, 0.25) is 0 Å². The van der Waals surface area contributed by atoms with Crippen LogP contribution in [-0.2, 0) is 13.6 Å². The van der Waals surface area contributed by atoms with Crippen LogP contribution in [0.2, 0.25) is 5.02 Å². The minimum Gasteiger partial charge on any atom is -0.365 e. The molecule has 0 radical (unpaired) electrons. The van der Waals surface area contributed by atoms with E-state index in [2.05, 4.69) is 10.4 Å². The van der Waals surface area contributed by atoms with Crippen LogP contribution in [0.1, 0.15) is 5.56 Å². The second kappa shape index (κ2) is 4.53. The number of anilines is 1. The van der Waals surface area contributed by atoms with Gasteiger partial charge in [0.1, 0.15) is 11.6 Å². The molecule has 0 amide bonds. The molecular weight excluding hydrogens is 229 g/mol. The lowest BCUT2D eigenvalue weighted by molar-refractivity contribution is 0.626. The van der Waals surface area contributed by atoms with Gasteiger partial charge < -0.3 is 5.32 Å². The highest BCUT2D eigenvalue weighted by atomic mass is 35.5. The molecule has 0 spiro atoms. The molecule has 1 aromatic carbocycles. The predicted octanol–water partition coefficient (Wildman–Crippen LogP) is 2.82. The van der Waals surface area contributed by atoms with Gasteiger partial charge in [-0.1, -0.05) is 11.6 Å². The zero-order chi connectivity index (χ0) is 11.5. The summed E-state index contributed by atoms with van der Waals surface area (Å²) in [4.78, 5) is 0. The van der Waals surface area contributed by atoms with Crippen molar-refractivity contribution in [3.8, 4) is 0 Å². The Bertz CT molecular complexity index is 475. The van der Waals surface area contributed by atoms with E-state index in [1.54, 1.807) is 10.7 Å². The molecule has 0 saturated heterocycles. The smallest absolute Gasteiger partial charge is 0.148 e. The fourth-order valence-electron chi connectivity index (χ4n) is 1.41. The second-order valence-electron chi connectivity index (χ2n) is 3.51. The van der Waals surface area contributed by atoms with Crippen LogP contribution >= 0.6 is 11.6 Å². The molecule has 0 atom stereocenters. The first-order chi connectivity index (χ1) is 7.63. The second-order valence-corrected chi connectivity index (χ2v) is 3.94. The summed E-state index contributed by atoms with van der Waals surface area (Å²) in [7, 11) is 1.84. The summed E-state index contributed by atoms with van der Waals surface area (Å²) in [6.45, 7) is 0.495. The number of aromatic nitrogens is 2. The van der Waals surface area contributed by atoms with E-state index in [1.165, 1.54) is 12.1 Å². The minimum absolute atomic E-state index is 0.328. The van der Waals surface area contributed by atoms with Crippen molar-refractivity contribution >= 4 is 17.4 Å². The van der Waals surface area contributed by atoms with E-state index < -0.39 is 0 Å². The topological polar surface area (TPSA) is 29.9 Å². The average Bonchev–Trinajstić information content (AvgIpc) is 2.60. The lowest BCUT2D eigenvalue weighted by Crippen LogP contribution is -2.01. The Morgan fingerprint density at radius 2 is 2.25 bits per heavy atom. The maximum atomic E-state index is 13.0. The summed E-state index contributed by atoms with van der Waals surface area (Å²) in [5.41, 5.74) is 0.788. The Kier molecular flexibility index (Phi) is 3.10. The van der Waals surface area contributed by atoms with Crippen molar-refractivity contribution in [1.29, 1.82) is 0 Å². The first-order valence-electron chi connectivity index (χ1n) is 4.82. The van der Waals surface area contributed by atoms with Crippen LogP contribution < -0.4 is 5.32 Å². The maximum absolute atomic E-state index is 13.0. The number of halogens is 2. The molecule has 0 unspecified atom stereocenters. The molecule has 0 aliphatic carbocycles. The number of nitrogens with zero attached hydrogens (tertiary/aromatic N) is 2. The van der Waals surface area contributed by atoms with Gasteiger partial charge >= 0.3 is 0 Å². The molecule has 0 fully saturated rings. The number of benzene rings is 1. The van der Waals surface area contributed by atoms with Crippen molar-refractivity contribution in [2.45, 2.75) is 6.54 Å². The molecule has 1 N–H and O–H groups in total. The molecule has 16 heavy (non-hydrogen) atoms. The van der Waals surface area contributed by atoms with Crippen LogP contribution in [0.25, 0.3) is 0 Å². The summed E-state index contributed by atoms with van der Waals surface area (Å²) < 4.78 is 14.7. The molecule has 5 heteroatoms. The summed E-state index contributed by atoms with van der Waals surface area (Å²) >= 11 is 5.75. The van der Waals surface area contributed by atoms with Crippen molar-refractivity contribution in [3.63, 3.8) is 0 Å². The van der Waals surface area contributed by atoms with Gasteiger partial charge in [-0.3, -0.25) is 4.68 Å². The van der Waals surface area contributed by atoms with Crippen molar-refractivity contribution in [2.24, 2.45) is 7.05 Å². The summed E-state index contributed by atoms with van der Waals surface area (Å²) in [6.07, 6.45) is 1.83. The number of hydrogen-bond acceptors (Lipinski definition) is 2. The van der Waals surface area contributed by atoms with E-state index in [4.69, 9.17) is 11.6 Å². The Hall–Kier alpha value is -1.55. The SMILES string of the molecule is Cn1ccc(NCc2cc(F)cc(Cl)c2)n1. The third kappa shape index (κ3) is 2.73. The Morgan fingerprint density at radius 3 is 2.88 bits per heavy atom. The first kappa shape index (κ1) is 11.0. The van der Waals surface area contributed by atoms with E-state index >= 15 is 0 Å². The Labute approximate surface area is 97.8 Å². The summed E-state index contributed by atoms with van der Waals surface area (Å²) in [5.74, 6) is 0.424. The van der Waals surface area contributed by atoms with E-state index in [0.717, 1.165) is 11.4 Å². The number of nitrogens with one attached hydrogen (secondary N) is 1. The maximum Gasteiger partial charge on any atom is 0.148 e. The quantitative estimate of drug-likeness (QED) is 0.893. The van der Waals surface area contributed by atoms with Gasteiger partial charge in [0, 0.05) is 30.9 Å². The standard InChI is InChI=1S/C11H11ClFN3/c1-16-3-2-11(15-16)14-7-8-4-9(12)6-10(13)5-8/h2-6H,7H2,1H3,(H,14,15). The van der Waals surface area contributed by atoms with E-state index in [-0.39, 0.29) is 5.82 Å². The third-order valence-electron chi connectivity index (χ3n) is 2.11. The van der Waals surface area contributed by atoms with Gasteiger partial charge in [-0.2, -0.15) is 5.10 Å². The van der Waals surface area contributed by atoms with Crippen LogP contribution in [-0.4, -0.2) is 9.78 Å². The van der Waals surface area contributed by atoms with Gasteiger partial charge in [0.15, 0.2) is 0 Å². The Balaban J connectivity index is 2.04. The predicted molar refractivity (Wildman–Crippen MR) is 61.9 cm³/mol. The van der Waals surface area contributed by atoms with Gasteiger partial charge in [-0.25, -0.2) is 4.39 Å². The highest BCUT2D eigenvalue weighted by Gasteiger charge is 2.00. The van der Waals surface area contributed by atoms with Crippen LogP contribution in [0.4, 0.5) is 10.2 Å². The molecule has 3 nitrogen and oxygen atoms in total. The Morgan fingerprint density at radius 1 is 1.44 bits per heavy atom. The van der Waals surface area contributed by atoms with Crippen molar-refractivity contribution in [2.75, 3.05) is 5.32 Å².